The number of hydrogen-bond acceptors (Lipinski definition) is 3. The van der Waals surface area contributed by atoms with Gasteiger partial charge in [-0.15, -0.1) is 0 Å². The summed E-state index contributed by atoms with van der Waals surface area (Å²) in [5.41, 5.74) is 1.15. The highest BCUT2D eigenvalue weighted by molar-refractivity contribution is 5.09. The van der Waals surface area contributed by atoms with Crippen molar-refractivity contribution in [2.75, 3.05) is 6.61 Å². The Balaban J connectivity index is 2.53. The van der Waals surface area contributed by atoms with Crippen molar-refractivity contribution >= 4 is 0 Å². The van der Waals surface area contributed by atoms with Gasteiger partial charge in [0.25, 0.3) is 0 Å². The first-order valence-electron chi connectivity index (χ1n) is 5.02. The molecule has 2 N–H and O–H groups in total. The Morgan fingerprint density at radius 2 is 2.36 bits per heavy atom. The minimum Gasteiger partial charge on any atom is -0.395 e. The maximum absolute atomic E-state index is 9.04. The molecular weight excluding hydrogens is 178 g/mol. The monoisotopic (exact) mass is 197 g/mol. The predicted molar refractivity (Wildman–Crippen MR) is 55.9 cm³/mol. The second-order valence-corrected chi connectivity index (χ2v) is 3.62. The second-order valence-electron chi connectivity index (χ2n) is 3.62. The van der Waals surface area contributed by atoms with Gasteiger partial charge >= 0.3 is 0 Å². The van der Waals surface area contributed by atoms with E-state index in [-0.39, 0.29) is 18.7 Å². The normalized spacial score (nSPS) is 15.4. The molecule has 0 fully saturated rings. The van der Waals surface area contributed by atoms with Crippen molar-refractivity contribution < 1.29 is 5.11 Å². The van der Waals surface area contributed by atoms with Crippen molar-refractivity contribution in [2.45, 2.75) is 32.4 Å². The first-order chi connectivity index (χ1) is 6.67. The minimum absolute atomic E-state index is 0.171. The quantitative estimate of drug-likeness (QED) is 0.735. The van der Waals surface area contributed by atoms with Gasteiger partial charge in [-0.25, -0.2) is 0 Å². The van der Waals surface area contributed by atoms with Crippen LogP contribution in [0.25, 0.3) is 0 Å². The number of rotatable bonds is 5. The van der Waals surface area contributed by atoms with Gasteiger partial charge in [-0.2, -0.15) is 5.10 Å². The summed E-state index contributed by atoms with van der Waals surface area (Å²) in [6.07, 6.45) is 4.77. The number of nitrogens with one attached hydrogen (secondary N) is 1. The van der Waals surface area contributed by atoms with Gasteiger partial charge in [-0.3, -0.25) is 4.68 Å². The summed E-state index contributed by atoms with van der Waals surface area (Å²) in [5.74, 6) is 0. The van der Waals surface area contributed by atoms with Gasteiger partial charge < -0.3 is 10.4 Å². The zero-order chi connectivity index (χ0) is 10.6. The van der Waals surface area contributed by atoms with E-state index in [1.54, 1.807) is 4.68 Å². The molecule has 2 atom stereocenters. The molecule has 0 aliphatic carbocycles. The number of aryl methyl sites for hydroxylation is 1. The highest BCUT2D eigenvalue weighted by Gasteiger charge is 2.11. The lowest BCUT2D eigenvalue weighted by atomic mass is 10.1. The highest BCUT2D eigenvalue weighted by Crippen LogP contribution is 2.11. The van der Waals surface area contributed by atoms with Crippen molar-refractivity contribution in [2.24, 2.45) is 7.05 Å². The van der Waals surface area contributed by atoms with Crippen molar-refractivity contribution in [3.05, 3.63) is 18.0 Å². The lowest BCUT2D eigenvalue weighted by molar-refractivity contribution is 0.230. The molecular formula is C10H19N3O. The Bertz CT molecular complexity index is 268. The maximum atomic E-state index is 9.04. The second kappa shape index (κ2) is 5.12. The molecule has 0 spiro atoms. The third-order valence-electron chi connectivity index (χ3n) is 2.42. The molecule has 0 radical (unpaired) electrons. The molecule has 0 aliphatic rings. The summed E-state index contributed by atoms with van der Waals surface area (Å²) in [5, 5.41) is 16.5. The third-order valence-corrected chi connectivity index (χ3v) is 2.42. The van der Waals surface area contributed by atoms with Gasteiger partial charge in [-0.05, 0) is 13.3 Å². The Morgan fingerprint density at radius 1 is 1.64 bits per heavy atom. The van der Waals surface area contributed by atoms with Gasteiger partial charge in [0.05, 0.1) is 12.8 Å². The van der Waals surface area contributed by atoms with Crippen LogP contribution in [0.4, 0.5) is 0 Å². The van der Waals surface area contributed by atoms with Crippen LogP contribution in [0.3, 0.4) is 0 Å². The largest absolute Gasteiger partial charge is 0.395 e. The standard InChI is InChI=1S/C10H19N3O/c1-4-10(7-14)12-8(2)9-5-11-13(3)6-9/h5-6,8,10,12,14H,4,7H2,1-3H3/t8?,10-/m1/s1. The number of aliphatic hydroxyl groups excluding tert-OH is 1. The maximum Gasteiger partial charge on any atom is 0.0584 e. The van der Waals surface area contributed by atoms with Gasteiger partial charge in [0.1, 0.15) is 0 Å². The Morgan fingerprint density at radius 3 is 2.79 bits per heavy atom. The van der Waals surface area contributed by atoms with E-state index in [0.717, 1.165) is 12.0 Å². The predicted octanol–water partition coefficient (Wildman–Crippen LogP) is 0.842. The van der Waals surface area contributed by atoms with Crippen LogP contribution in [0, 0.1) is 0 Å². The fourth-order valence-electron chi connectivity index (χ4n) is 1.41. The van der Waals surface area contributed by atoms with Gasteiger partial charge in [-0.1, -0.05) is 6.92 Å². The fourth-order valence-corrected chi connectivity index (χ4v) is 1.41. The Hall–Kier alpha value is -0.870. The van der Waals surface area contributed by atoms with Crippen molar-refractivity contribution in [3.63, 3.8) is 0 Å². The fraction of sp³-hybridized carbons (Fsp3) is 0.700. The number of aromatic nitrogens is 2. The van der Waals surface area contributed by atoms with Gasteiger partial charge in [0.15, 0.2) is 0 Å². The molecule has 0 aromatic carbocycles. The van der Waals surface area contributed by atoms with Crippen LogP contribution in [0.2, 0.25) is 0 Å². The highest BCUT2D eigenvalue weighted by atomic mass is 16.3. The van der Waals surface area contributed by atoms with Crippen LogP contribution < -0.4 is 5.32 Å². The van der Waals surface area contributed by atoms with Gasteiger partial charge in [0.2, 0.25) is 0 Å². The molecule has 1 rings (SSSR count). The summed E-state index contributed by atoms with van der Waals surface area (Å²) >= 11 is 0. The van der Waals surface area contributed by atoms with Crippen molar-refractivity contribution in [1.82, 2.24) is 15.1 Å². The molecule has 0 saturated carbocycles. The summed E-state index contributed by atoms with van der Waals surface area (Å²) in [7, 11) is 1.90. The molecule has 4 nitrogen and oxygen atoms in total. The van der Waals surface area contributed by atoms with Crippen molar-refractivity contribution in [3.8, 4) is 0 Å². The van der Waals surface area contributed by atoms with E-state index in [9.17, 15) is 0 Å². The van der Waals surface area contributed by atoms with Gasteiger partial charge in [0, 0.05) is 30.9 Å². The molecule has 1 aromatic rings. The minimum atomic E-state index is 0.171. The molecule has 14 heavy (non-hydrogen) atoms. The van der Waals surface area contributed by atoms with E-state index < -0.39 is 0 Å². The van der Waals surface area contributed by atoms with Crippen LogP contribution in [-0.4, -0.2) is 27.5 Å². The average molecular weight is 197 g/mol. The molecule has 0 saturated heterocycles. The van der Waals surface area contributed by atoms with E-state index in [4.69, 9.17) is 5.11 Å². The molecule has 1 aromatic heterocycles. The van der Waals surface area contributed by atoms with Crippen LogP contribution in [0.5, 0.6) is 0 Å². The van der Waals surface area contributed by atoms with E-state index >= 15 is 0 Å². The van der Waals surface area contributed by atoms with E-state index in [1.807, 2.05) is 19.4 Å². The zero-order valence-corrected chi connectivity index (χ0v) is 9.07. The molecule has 80 valence electrons. The van der Waals surface area contributed by atoms with Crippen molar-refractivity contribution in [1.29, 1.82) is 0 Å². The Labute approximate surface area is 84.9 Å². The summed E-state index contributed by atoms with van der Waals surface area (Å²) in [6.45, 7) is 4.32. The lowest BCUT2D eigenvalue weighted by Crippen LogP contribution is -2.33. The van der Waals surface area contributed by atoms with E-state index in [0.29, 0.717) is 0 Å². The zero-order valence-electron chi connectivity index (χ0n) is 9.07. The van der Waals surface area contributed by atoms with E-state index in [1.165, 1.54) is 0 Å². The van der Waals surface area contributed by atoms with Crippen LogP contribution in [0.1, 0.15) is 31.9 Å². The smallest absolute Gasteiger partial charge is 0.0584 e. The summed E-state index contributed by atoms with van der Waals surface area (Å²) < 4.78 is 1.79. The third kappa shape index (κ3) is 2.82. The molecule has 0 aliphatic heterocycles. The molecule has 1 unspecified atom stereocenters. The average Bonchev–Trinajstić information content (AvgIpc) is 2.61. The number of aliphatic hydroxyl groups is 1. The topological polar surface area (TPSA) is 50.1 Å². The number of hydrogen-bond donors (Lipinski definition) is 2. The Kier molecular flexibility index (Phi) is 4.10. The first kappa shape index (κ1) is 11.2. The number of nitrogens with zero attached hydrogens (tertiary/aromatic N) is 2. The first-order valence-corrected chi connectivity index (χ1v) is 5.02. The van der Waals surface area contributed by atoms with Crippen LogP contribution in [-0.2, 0) is 7.05 Å². The SMILES string of the molecule is CC[C@H](CO)NC(C)c1cnn(C)c1. The molecule has 1 heterocycles. The van der Waals surface area contributed by atoms with E-state index in [2.05, 4.69) is 24.3 Å². The summed E-state index contributed by atoms with van der Waals surface area (Å²) in [6, 6.07) is 0.408. The van der Waals surface area contributed by atoms with Crippen LogP contribution in [0.15, 0.2) is 12.4 Å². The van der Waals surface area contributed by atoms with Crippen LogP contribution >= 0.6 is 0 Å². The summed E-state index contributed by atoms with van der Waals surface area (Å²) in [4.78, 5) is 0. The molecule has 0 bridgehead atoms. The molecule has 0 amide bonds. The molecule has 4 heteroatoms. The lowest BCUT2D eigenvalue weighted by Gasteiger charge is -2.19.